The summed E-state index contributed by atoms with van der Waals surface area (Å²) in [5, 5.41) is 13.1. The first kappa shape index (κ1) is 17.5. The van der Waals surface area contributed by atoms with E-state index in [0.29, 0.717) is 23.9 Å². The van der Waals surface area contributed by atoms with Gasteiger partial charge in [0.25, 0.3) is 0 Å². The number of carbonyl (C=O) groups is 1. The van der Waals surface area contributed by atoms with Crippen LogP contribution >= 0.6 is 0 Å². The topological polar surface area (TPSA) is 84.6 Å². The summed E-state index contributed by atoms with van der Waals surface area (Å²) in [6.07, 6.45) is 3.66. The monoisotopic (exact) mass is 344 g/mol. The summed E-state index contributed by atoms with van der Waals surface area (Å²) in [5.74, 6) is 1.72. The quantitative estimate of drug-likeness (QED) is 0.841. The van der Waals surface area contributed by atoms with Crippen molar-refractivity contribution in [2.75, 3.05) is 13.7 Å². The van der Waals surface area contributed by atoms with E-state index in [4.69, 9.17) is 9.15 Å². The zero-order chi connectivity index (χ0) is 17.9. The van der Waals surface area contributed by atoms with Crippen LogP contribution in [0.3, 0.4) is 0 Å². The van der Waals surface area contributed by atoms with Gasteiger partial charge in [0.15, 0.2) is 0 Å². The fourth-order valence-corrected chi connectivity index (χ4v) is 3.14. The first-order valence-electron chi connectivity index (χ1n) is 8.59. The van der Waals surface area contributed by atoms with Crippen molar-refractivity contribution in [3.8, 4) is 17.2 Å². The Morgan fingerprint density at radius 1 is 1.32 bits per heavy atom. The molecule has 6 heteroatoms. The maximum Gasteiger partial charge on any atom is 0.226 e. The van der Waals surface area contributed by atoms with Crippen molar-refractivity contribution in [2.24, 2.45) is 0 Å². The first-order valence-corrected chi connectivity index (χ1v) is 8.59. The van der Waals surface area contributed by atoms with Crippen molar-refractivity contribution < 1.29 is 19.1 Å². The number of aromatic nitrogens is 1. The fraction of sp³-hybridized carbons (Fsp3) is 0.474. The molecule has 0 atom stereocenters. The molecule has 134 valence electrons. The molecule has 25 heavy (non-hydrogen) atoms. The van der Waals surface area contributed by atoms with Gasteiger partial charge >= 0.3 is 0 Å². The van der Waals surface area contributed by atoms with E-state index >= 15 is 0 Å². The van der Waals surface area contributed by atoms with Crippen LogP contribution in [0.15, 0.2) is 28.7 Å². The van der Waals surface area contributed by atoms with Gasteiger partial charge in [-0.05, 0) is 44.0 Å². The zero-order valence-corrected chi connectivity index (χ0v) is 14.7. The molecule has 1 saturated carbocycles. The summed E-state index contributed by atoms with van der Waals surface area (Å²) < 4.78 is 10.8. The number of rotatable bonds is 6. The number of nitrogens with one attached hydrogen (secondary N) is 1. The molecule has 6 nitrogen and oxygen atoms in total. The number of hydrogen-bond donors (Lipinski definition) is 2. The summed E-state index contributed by atoms with van der Waals surface area (Å²) in [5.41, 5.74) is 0.695. The van der Waals surface area contributed by atoms with E-state index in [9.17, 15) is 9.90 Å². The second-order valence-electron chi connectivity index (χ2n) is 6.64. The van der Waals surface area contributed by atoms with E-state index in [1.165, 1.54) is 0 Å². The van der Waals surface area contributed by atoms with Crippen LogP contribution in [-0.2, 0) is 11.2 Å². The molecule has 1 fully saturated rings. The van der Waals surface area contributed by atoms with Crippen LogP contribution in [-0.4, -0.2) is 35.3 Å². The predicted octanol–water partition coefficient (Wildman–Crippen LogP) is 2.62. The Morgan fingerprint density at radius 3 is 2.64 bits per heavy atom. The van der Waals surface area contributed by atoms with Crippen LogP contribution in [0, 0.1) is 6.92 Å². The molecule has 2 aromatic rings. The van der Waals surface area contributed by atoms with Gasteiger partial charge in [-0.2, -0.15) is 0 Å². The smallest absolute Gasteiger partial charge is 0.226 e. The fourth-order valence-electron chi connectivity index (χ4n) is 3.14. The third-order valence-corrected chi connectivity index (χ3v) is 4.71. The molecule has 0 unspecified atom stereocenters. The number of aliphatic hydroxyl groups is 1. The zero-order valence-electron chi connectivity index (χ0n) is 14.7. The van der Waals surface area contributed by atoms with Gasteiger partial charge in [0, 0.05) is 12.1 Å². The molecule has 1 aromatic heterocycles. The molecule has 2 N–H and O–H groups in total. The maximum atomic E-state index is 12.2. The molecule has 1 aliphatic carbocycles. The molecular weight excluding hydrogens is 320 g/mol. The molecule has 0 aliphatic heterocycles. The van der Waals surface area contributed by atoms with E-state index in [1.54, 1.807) is 14.0 Å². The normalized spacial score (nSPS) is 16.0. The lowest BCUT2D eigenvalue weighted by molar-refractivity contribution is -0.121. The van der Waals surface area contributed by atoms with Crippen LogP contribution < -0.4 is 10.1 Å². The first-order chi connectivity index (χ1) is 12.0. The van der Waals surface area contributed by atoms with Crippen LogP contribution in [0.25, 0.3) is 11.5 Å². The Morgan fingerprint density at radius 2 is 2.00 bits per heavy atom. The second-order valence-corrected chi connectivity index (χ2v) is 6.64. The number of hydrogen-bond acceptors (Lipinski definition) is 5. The van der Waals surface area contributed by atoms with Gasteiger partial charge in [-0.3, -0.25) is 4.79 Å². The standard InChI is InChI=1S/C19H24N2O4/c1-13-16(11-17(22)20-12-19(23)9-3-4-10-19)21-18(25-13)14-5-7-15(24-2)8-6-14/h5-8,23H,3-4,9-12H2,1-2H3,(H,20,22). The van der Waals surface area contributed by atoms with Crippen LogP contribution in [0.4, 0.5) is 0 Å². The van der Waals surface area contributed by atoms with Crippen molar-refractivity contribution in [2.45, 2.75) is 44.6 Å². The molecule has 0 saturated heterocycles. The van der Waals surface area contributed by atoms with Gasteiger partial charge in [0.2, 0.25) is 11.8 Å². The van der Waals surface area contributed by atoms with Gasteiger partial charge in [0.05, 0.1) is 24.8 Å². The SMILES string of the molecule is COc1ccc(-c2nc(CC(=O)NCC3(O)CCCC3)c(C)o2)cc1. The van der Waals surface area contributed by atoms with E-state index in [0.717, 1.165) is 37.0 Å². The minimum absolute atomic E-state index is 0.140. The van der Waals surface area contributed by atoms with E-state index in [1.807, 2.05) is 24.3 Å². The van der Waals surface area contributed by atoms with E-state index < -0.39 is 5.60 Å². The molecule has 1 heterocycles. The molecule has 1 aromatic carbocycles. The number of methoxy groups -OCH3 is 1. The lowest BCUT2D eigenvalue weighted by Crippen LogP contribution is -2.41. The summed E-state index contributed by atoms with van der Waals surface area (Å²) >= 11 is 0. The summed E-state index contributed by atoms with van der Waals surface area (Å²) in [4.78, 5) is 16.6. The number of benzene rings is 1. The highest BCUT2D eigenvalue weighted by atomic mass is 16.5. The predicted molar refractivity (Wildman–Crippen MR) is 93.4 cm³/mol. The Bertz CT molecular complexity index is 730. The average Bonchev–Trinajstić information content (AvgIpc) is 3.20. The number of aryl methyl sites for hydroxylation is 1. The highest BCUT2D eigenvalue weighted by Gasteiger charge is 2.31. The molecule has 0 radical (unpaired) electrons. The maximum absolute atomic E-state index is 12.2. The molecule has 0 spiro atoms. The van der Waals surface area contributed by atoms with Gasteiger partial charge < -0.3 is 19.6 Å². The Balaban J connectivity index is 1.62. The summed E-state index contributed by atoms with van der Waals surface area (Å²) in [6.45, 7) is 2.10. The highest BCUT2D eigenvalue weighted by molar-refractivity contribution is 5.78. The Hall–Kier alpha value is -2.34. The van der Waals surface area contributed by atoms with E-state index in [-0.39, 0.29) is 12.3 Å². The minimum Gasteiger partial charge on any atom is -0.497 e. The third-order valence-electron chi connectivity index (χ3n) is 4.71. The summed E-state index contributed by atoms with van der Waals surface area (Å²) in [7, 11) is 1.61. The minimum atomic E-state index is -0.747. The number of oxazole rings is 1. The van der Waals surface area contributed by atoms with Crippen molar-refractivity contribution >= 4 is 5.91 Å². The number of ether oxygens (including phenoxy) is 1. The Labute approximate surface area is 147 Å². The molecule has 1 amide bonds. The van der Waals surface area contributed by atoms with Gasteiger partial charge in [-0.1, -0.05) is 12.8 Å². The van der Waals surface area contributed by atoms with Crippen LogP contribution in [0.5, 0.6) is 5.75 Å². The third kappa shape index (κ3) is 4.20. The van der Waals surface area contributed by atoms with Crippen LogP contribution in [0.1, 0.15) is 37.1 Å². The number of amides is 1. The van der Waals surface area contributed by atoms with Crippen molar-refractivity contribution in [3.63, 3.8) is 0 Å². The summed E-state index contributed by atoms with van der Waals surface area (Å²) in [6, 6.07) is 7.40. The molecule has 0 bridgehead atoms. The number of carbonyl (C=O) groups excluding carboxylic acids is 1. The van der Waals surface area contributed by atoms with Crippen molar-refractivity contribution in [1.82, 2.24) is 10.3 Å². The molecule has 3 rings (SSSR count). The Kier molecular flexibility index (Phi) is 5.08. The largest absolute Gasteiger partial charge is 0.497 e. The van der Waals surface area contributed by atoms with Crippen molar-refractivity contribution in [1.29, 1.82) is 0 Å². The number of nitrogens with zero attached hydrogens (tertiary/aromatic N) is 1. The van der Waals surface area contributed by atoms with Crippen molar-refractivity contribution in [3.05, 3.63) is 35.7 Å². The average molecular weight is 344 g/mol. The van der Waals surface area contributed by atoms with Crippen LogP contribution in [0.2, 0.25) is 0 Å². The van der Waals surface area contributed by atoms with Gasteiger partial charge in [-0.15, -0.1) is 0 Å². The van der Waals surface area contributed by atoms with Gasteiger partial charge in [-0.25, -0.2) is 4.98 Å². The lowest BCUT2D eigenvalue weighted by atomic mass is 10.0. The lowest BCUT2D eigenvalue weighted by Gasteiger charge is -2.22. The second kappa shape index (κ2) is 7.27. The van der Waals surface area contributed by atoms with E-state index in [2.05, 4.69) is 10.3 Å². The molecule has 1 aliphatic rings. The molecular formula is C19H24N2O4. The van der Waals surface area contributed by atoms with Gasteiger partial charge in [0.1, 0.15) is 11.5 Å². The highest BCUT2D eigenvalue weighted by Crippen LogP contribution is 2.28.